The van der Waals surface area contributed by atoms with Crippen LogP contribution in [0.1, 0.15) is 36.6 Å². The van der Waals surface area contributed by atoms with Gasteiger partial charge >= 0.3 is 0 Å². The Bertz CT molecular complexity index is 695. The highest BCUT2D eigenvalue weighted by Gasteiger charge is 2.32. The Morgan fingerprint density at radius 3 is 2.62 bits per heavy atom. The summed E-state index contributed by atoms with van der Waals surface area (Å²) in [5.41, 5.74) is 1.47. The zero-order valence-corrected chi connectivity index (χ0v) is 11.9. The Morgan fingerprint density at radius 1 is 1.14 bits per heavy atom. The number of benzene rings is 2. The first-order chi connectivity index (χ1) is 9.88. The van der Waals surface area contributed by atoms with Crippen LogP contribution in [0, 0.1) is 11.6 Å². The Morgan fingerprint density at radius 2 is 1.90 bits per heavy atom. The molecule has 0 aliphatic carbocycles. The predicted octanol–water partition coefficient (Wildman–Crippen LogP) is 3.72. The minimum Gasteiger partial charge on any atom is -0.492 e. The van der Waals surface area contributed by atoms with Crippen molar-refractivity contribution in [3.8, 4) is 5.75 Å². The molecular weight excluding hydrogens is 274 g/mol. The molecule has 4 heteroatoms. The fourth-order valence-electron chi connectivity index (χ4n) is 2.61. The molecule has 1 N–H and O–H groups in total. The second-order valence-corrected chi connectivity index (χ2v) is 6.00. The van der Waals surface area contributed by atoms with Gasteiger partial charge < -0.3 is 9.84 Å². The Labute approximate surface area is 122 Å². The van der Waals surface area contributed by atoms with E-state index in [1.807, 2.05) is 19.9 Å². The van der Waals surface area contributed by atoms with Crippen LogP contribution in [0.2, 0.25) is 0 Å². The molecule has 0 saturated carbocycles. The van der Waals surface area contributed by atoms with Gasteiger partial charge in [0.1, 0.15) is 23.5 Å². The van der Waals surface area contributed by atoms with Crippen molar-refractivity contribution in [2.75, 3.05) is 6.61 Å². The standard InChI is InChI=1S/C17H16F2O2/c1-17(2)9-21-15-6-3-10(7-13(15)17)16(20)12-5-4-11(18)8-14(12)19/h3-8,16,20H,9H2,1-2H3. The highest BCUT2D eigenvalue weighted by atomic mass is 19.1. The van der Waals surface area contributed by atoms with Crippen molar-refractivity contribution in [1.82, 2.24) is 0 Å². The summed E-state index contributed by atoms with van der Waals surface area (Å²) in [6.07, 6.45) is -1.13. The highest BCUT2D eigenvalue weighted by Crippen LogP contribution is 2.40. The van der Waals surface area contributed by atoms with Crippen LogP contribution in [0.3, 0.4) is 0 Å². The lowest BCUT2D eigenvalue weighted by molar-refractivity contribution is 0.214. The molecule has 1 aliphatic heterocycles. The fraction of sp³-hybridized carbons (Fsp3) is 0.294. The molecule has 2 aromatic carbocycles. The zero-order valence-electron chi connectivity index (χ0n) is 11.9. The van der Waals surface area contributed by atoms with Crippen LogP contribution in [0.4, 0.5) is 8.78 Å². The van der Waals surface area contributed by atoms with Gasteiger partial charge in [0.25, 0.3) is 0 Å². The fourth-order valence-corrected chi connectivity index (χ4v) is 2.61. The van der Waals surface area contributed by atoms with E-state index >= 15 is 0 Å². The van der Waals surface area contributed by atoms with Gasteiger partial charge in [-0.15, -0.1) is 0 Å². The number of aliphatic hydroxyl groups excluding tert-OH is 1. The van der Waals surface area contributed by atoms with Crippen LogP contribution >= 0.6 is 0 Å². The molecule has 1 atom stereocenters. The molecule has 0 radical (unpaired) electrons. The quantitative estimate of drug-likeness (QED) is 0.913. The number of aliphatic hydroxyl groups is 1. The van der Waals surface area contributed by atoms with E-state index in [0.29, 0.717) is 12.2 Å². The van der Waals surface area contributed by atoms with Gasteiger partial charge in [-0.25, -0.2) is 8.78 Å². The number of hydrogen-bond acceptors (Lipinski definition) is 2. The summed E-state index contributed by atoms with van der Waals surface area (Å²) in [7, 11) is 0. The lowest BCUT2D eigenvalue weighted by Crippen LogP contribution is -2.18. The van der Waals surface area contributed by atoms with Crippen molar-refractivity contribution in [1.29, 1.82) is 0 Å². The third kappa shape index (κ3) is 2.40. The summed E-state index contributed by atoms with van der Waals surface area (Å²) in [6, 6.07) is 8.50. The highest BCUT2D eigenvalue weighted by molar-refractivity contribution is 5.47. The second-order valence-electron chi connectivity index (χ2n) is 6.00. The SMILES string of the molecule is CC1(C)COc2ccc(C(O)c3ccc(F)cc3F)cc21. The van der Waals surface area contributed by atoms with Crippen LogP contribution in [0.5, 0.6) is 5.75 Å². The molecule has 1 aliphatic rings. The van der Waals surface area contributed by atoms with E-state index in [1.165, 1.54) is 6.07 Å². The largest absolute Gasteiger partial charge is 0.492 e. The molecule has 0 spiro atoms. The van der Waals surface area contributed by atoms with E-state index in [-0.39, 0.29) is 11.0 Å². The van der Waals surface area contributed by atoms with Gasteiger partial charge in [-0.1, -0.05) is 26.0 Å². The van der Waals surface area contributed by atoms with Gasteiger partial charge in [-0.3, -0.25) is 0 Å². The van der Waals surface area contributed by atoms with Crippen molar-refractivity contribution >= 4 is 0 Å². The van der Waals surface area contributed by atoms with Gasteiger partial charge in [0.05, 0.1) is 6.61 Å². The molecule has 0 bridgehead atoms. The average molecular weight is 290 g/mol. The van der Waals surface area contributed by atoms with E-state index in [9.17, 15) is 13.9 Å². The van der Waals surface area contributed by atoms with Gasteiger partial charge in [-0.2, -0.15) is 0 Å². The summed E-state index contributed by atoms with van der Waals surface area (Å²) in [4.78, 5) is 0. The first-order valence-electron chi connectivity index (χ1n) is 6.79. The average Bonchev–Trinajstić information content (AvgIpc) is 2.74. The number of hydrogen-bond donors (Lipinski definition) is 1. The lowest BCUT2D eigenvalue weighted by atomic mass is 9.85. The van der Waals surface area contributed by atoms with Crippen molar-refractivity contribution in [2.45, 2.75) is 25.4 Å². The number of ether oxygens (including phenoxy) is 1. The third-order valence-corrected chi connectivity index (χ3v) is 3.89. The van der Waals surface area contributed by atoms with Crippen LogP contribution in [-0.2, 0) is 5.41 Å². The van der Waals surface area contributed by atoms with Crippen LogP contribution in [0.25, 0.3) is 0 Å². The van der Waals surface area contributed by atoms with E-state index in [1.54, 1.807) is 12.1 Å². The van der Waals surface area contributed by atoms with Crippen LogP contribution in [0.15, 0.2) is 36.4 Å². The maximum absolute atomic E-state index is 13.8. The molecule has 110 valence electrons. The van der Waals surface area contributed by atoms with Crippen molar-refractivity contribution in [3.63, 3.8) is 0 Å². The van der Waals surface area contributed by atoms with Crippen LogP contribution in [-0.4, -0.2) is 11.7 Å². The Hall–Kier alpha value is -1.94. The third-order valence-electron chi connectivity index (χ3n) is 3.89. The van der Waals surface area contributed by atoms with E-state index in [4.69, 9.17) is 4.74 Å². The maximum Gasteiger partial charge on any atom is 0.132 e. The number of halogens is 2. The molecule has 0 amide bonds. The van der Waals surface area contributed by atoms with Gasteiger partial charge in [0, 0.05) is 22.6 Å². The summed E-state index contributed by atoms with van der Waals surface area (Å²) in [6.45, 7) is 4.67. The molecule has 3 rings (SSSR count). The molecule has 21 heavy (non-hydrogen) atoms. The Balaban J connectivity index is 2.01. The Kier molecular flexibility index (Phi) is 3.21. The zero-order chi connectivity index (χ0) is 15.2. The normalized spacial score (nSPS) is 17.2. The summed E-state index contributed by atoms with van der Waals surface area (Å²) in [5.74, 6) is -0.624. The van der Waals surface area contributed by atoms with Crippen molar-refractivity contribution in [3.05, 3.63) is 64.7 Å². The topological polar surface area (TPSA) is 29.5 Å². The van der Waals surface area contributed by atoms with Gasteiger partial charge in [0.15, 0.2) is 0 Å². The monoisotopic (exact) mass is 290 g/mol. The molecule has 0 aromatic heterocycles. The molecule has 0 fully saturated rings. The summed E-state index contributed by atoms with van der Waals surface area (Å²) in [5, 5.41) is 10.4. The minimum absolute atomic E-state index is 0.0630. The summed E-state index contributed by atoms with van der Waals surface area (Å²) >= 11 is 0. The minimum atomic E-state index is -1.13. The molecule has 0 saturated heterocycles. The predicted molar refractivity (Wildman–Crippen MR) is 75.4 cm³/mol. The van der Waals surface area contributed by atoms with Crippen molar-refractivity contribution in [2.24, 2.45) is 0 Å². The van der Waals surface area contributed by atoms with E-state index in [2.05, 4.69) is 0 Å². The van der Waals surface area contributed by atoms with Crippen molar-refractivity contribution < 1.29 is 18.6 Å². The van der Waals surface area contributed by atoms with Gasteiger partial charge in [-0.05, 0) is 23.8 Å². The first kappa shape index (κ1) is 14.0. The first-order valence-corrected chi connectivity index (χ1v) is 6.79. The summed E-state index contributed by atoms with van der Waals surface area (Å²) < 4.78 is 32.3. The lowest BCUT2D eigenvalue weighted by Gasteiger charge is -2.18. The maximum atomic E-state index is 13.8. The van der Waals surface area contributed by atoms with Crippen LogP contribution < -0.4 is 4.74 Å². The molecule has 2 nitrogen and oxygen atoms in total. The van der Waals surface area contributed by atoms with E-state index < -0.39 is 17.7 Å². The molecule has 1 heterocycles. The molecule has 1 unspecified atom stereocenters. The molecular formula is C17H16F2O2. The second kappa shape index (κ2) is 4.81. The van der Waals surface area contributed by atoms with Gasteiger partial charge in [0.2, 0.25) is 0 Å². The molecule has 2 aromatic rings. The number of fused-ring (bicyclic) bond motifs is 1. The smallest absolute Gasteiger partial charge is 0.132 e. The number of rotatable bonds is 2. The van der Waals surface area contributed by atoms with E-state index in [0.717, 1.165) is 23.4 Å².